The van der Waals surface area contributed by atoms with Gasteiger partial charge >= 0.3 is 0 Å². The smallest absolute Gasteiger partial charge is 0.205 e. The monoisotopic (exact) mass is 414 g/mol. The van der Waals surface area contributed by atoms with Crippen LogP contribution in [0.5, 0.6) is 0 Å². The van der Waals surface area contributed by atoms with Gasteiger partial charge in [0, 0.05) is 22.1 Å². The Kier molecular flexibility index (Phi) is 4.41. The van der Waals surface area contributed by atoms with Gasteiger partial charge in [-0.2, -0.15) is 0 Å². The maximum Gasteiger partial charge on any atom is 0.205 e. The van der Waals surface area contributed by atoms with E-state index in [1.165, 1.54) is 35.6 Å². The number of thiophene rings is 1. The lowest BCUT2D eigenvalue weighted by molar-refractivity contribution is 0.104. The van der Waals surface area contributed by atoms with Gasteiger partial charge in [0.15, 0.2) is 0 Å². The number of nitrogens with zero attached hydrogens (tertiary/aromatic N) is 1. The number of halogens is 1. The minimum absolute atomic E-state index is 0.262. The number of carbonyl (C=O) groups is 1. The second-order valence-electron chi connectivity index (χ2n) is 6.76. The highest BCUT2D eigenvalue weighted by Crippen LogP contribution is 2.42. The molecule has 0 unspecified atom stereocenters. The van der Waals surface area contributed by atoms with Gasteiger partial charge in [-0.3, -0.25) is 4.79 Å². The van der Waals surface area contributed by atoms with Crippen molar-refractivity contribution in [3.05, 3.63) is 95.3 Å². The number of anilines is 1. The van der Waals surface area contributed by atoms with E-state index in [2.05, 4.69) is 0 Å². The molecular formula is C24H15FN2O2S. The molecule has 0 amide bonds. The zero-order valence-electron chi connectivity index (χ0n) is 15.6. The summed E-state index contributed by atoms with van der Waals surface area (Å²) in [6.45, 7) is 0. The van der Waals surface area contributed by atoms with Crippen molar-refractivity contribution in [2.24, 2.45) is 0 Å². The second kappa shape index (κ2) is 7.24. The molecule has 4 nitrogen and oxygen atoms in total. The van der Waals surface area contributed by atoms with Gasteiger partial charge in [-0.25, -0.2) is 9.37 Å². The van der Waals surface area contributed by atoms with Crippen LogP contribution in [0.3, 0.4) is 0 Å². The first-order valence-electron chi connectivity index (χ1n) is 9.24. The molecule has 0 saturated carbocycles. The van der Waals surface area contributed by atoms with Gasteiger partial charge in [-0.05, 0) is 42.5 Å². The fourth-order valence-electron chi connectivity index (χ4n) is 3.40. The molecule has 0 bridgehead atoms. The highest BCUT2D eigenvalue weighted by atomic mass is 32.1. The fraction of sp³-hybridized carbons (Fsp3) is 0. The van der Waals surface area contributed by atoms with Gasteiger partial charge in [0.1, 0.15) is 21.3 Å². The molecule has 0 fully saturated rings. The summed E-state index contributed by atoms with van der Waals surface area (Å²) in [5.41, 5.74) is 9.64. The van der Waals surface area contributed by atoms with Gasteiger partial charge < -0.3 is 10.2 Å². The summed E-state index contributed by atoms with van der Waals surface area (Å²) in [7, 11) is 0. The standard InChI is InChI=1S/C24H15FN2O2S/c25-16-10-8-15(9-11-16)22(28)23-21(26)20-17(19-7-4-12-29-19)13-18(27-24(20)30-23)14-5-2-1-3-6-14/h1-13H,26H2. The molecule has 0 radical (unpaired) electrons. The predicted molar refractivity (Wildman–Crippen MR) is 117 cm³/mol. The molecular weight excluding hydrogens is 399 g/mol. The third-order valence-corrected chi connectivity index (χ3v) is 5.97. The molecule has 30 heavy (non-hydrogen) atoms. The summed E-state index contributed by atoms with van der Waals surface area (Å²) in [4.78, 5) is 18.9. The minimum Gasteiger partial charge on any atom is -0.464 e. The summed E-state index contributed by atoms with van der Waals surface area (Å²) >= 11 is 1.23. The molecule has 146 valence electrons. The number of nitrogen functional groups attached to an aromatic ring is 1. The maximum atomic E-state index is 13.3. The molecule has 0 spiro atoms. The van der Waals surface area contributed by atoms with E-state index in [-0.39, 0.29) is 5.78 Å². The van der Waals surface area contributed by atoms with Crippen molar-refractivity contribution in [3.63, 3.8) is 0 Å². The number of benzene rings is 2. The molecule has 0 saturated heterocycles. The summed E-state index contributed by atoms with van der Waals surface area (Å²) in [6.07, 6.45) is 1.59. The zero-order chi connectivity index (χ0) is 20.7. The third kappa shape index (κ3) is 3.07. The quantitative estimate of drug-likeness (QED) is 0.357. The van der Waals surface area contributed by atoms with E-state index in [4.69, 9.17) is 15.1 Å². The number of furan rings is 1. The maximum absolute atomic E-state index is 13.3. The van der Waals surface area contributed by atoms with Gasteiger partial charge in [-0.1, -0.05) is 30.3 Å². The first kappa shape index (κ1) is 18.3. The number of carbonyl (C=O) groups excluding carboxylic acids is 1. The SMILES string of the molecule is Nc1c(C(=O)c2ccc(F)cc2)sc2nc(-c3ccccc3)cc(-c3ccco3)c12. The normalized spacial score (nSPS) is 11.1. The van der Waals surface area contributed by atoms with Crippen molar-refractivity contribution in [2.75, 3.05) is 5.73 Å². The Morgan fingerprint density at radius 3 is 2.47 bits per heavy atom. The summed E-state index contributed by atoms with van der Waals surface area (Å²) in [6, 6.07) is 20.8. The van der Waals surface area contributed by atoms with Crippen LogP contribution in [0, 0.1) is 5.82 Å². The molecule has 2 aromatic carbocycles. The van der Waals surface area contributed by atoms with E-state index in [0.717, 1.165) is 16.8 Å². The predicted octanol–water partition coefficient (Wildman–Crippen LogP) is 6.18. The lowest BCUT2D eigenvalue weighted by Crippen LogP contribution is -2.02. The van der Waals surface area contributed by atoms with Crippen LogP contribution in [-0.4, -0.2) is 10.8 Å². The van der Waals surface area contributed by atoms with Crippen molar-refractivity contribution in [2.45, 2.75) is 0 Å². The number of aromatic nitrogens is 1. The van der Waals surface area contributed by atoms with E-state index < -0.39 is 5.82 Å². The van der Waals surface area contributed by atoms with Crippen molar-refractivity contribution >= 4 is 33.0 Å². The Balaban J connectivity index is 1.74. The number of rotatable bonds is 4. The minimum atomic E-state index is -0.398. The molecule has 6 heteroatoms. The van der Waals surface area contributed by atoms with Crippen LogP contribution in [0.1, 0.15) is 15.2 Å². The van der Waals surface area contributed by atoms with Crippen molar-refractivity contribution in [3.8, 4) is 22.6 Å². The third-order valence-electron chi connectivity index (χ3n) is 4.87. The van der Waals surface area contributed by atoms with E-state index in [0.29, 0.717) is 32.1 Å². The van der Waals surface area contributed by atoms with Crippen LogP contribution in [0.25, 0.3) is 32.8 Å². The number of fused-ring (bicyclic) bond motifs is 1. The molecule has 5 rings (SSSR count). The van der Waals surface area contributed by atoms with Crippen molar-refractivity contribution < 1.29 is 13.6 Å². The lowest BCUT2D eigenvalue weighted by atomic mass is 10.0. The Morgan fingerprint density at radius 1 is 1.00 bits per heavy atom. The van der Waals surface area contributed by atoms with Gasteiger partial charge in [0.25, 0.3) is 0 Å². The number of hydrogen-bond donors (Lipinski definition) is 1. The van der Waals surface area contributed by atoms with E-state index in [1.807, 2.05) is 42.5 Å². The summed E-state index contributed by atoms with van der Waals surface area (Å²) < 4.78 is 18.9. The number of nitrogens with two attached hydrogens (primary N) is 1. The zero-order valence-corrected chi connectivity index (χ0v) is 16.4. The summed E-state index contributed by atoms with van der Waals surface area (Å²) in [5.74, 6) is -0.0165. The Morgan fingerprint density at radius 2 is 1.77 bits per heavy atom. The Hall–Kier alpha value is -3.77. The van der Waals surface area contributed by atoms with Crippen LogP contribution in [-0.2, 0) is 0 Å². The van der Waals surface area contributed by atoms with E-state index >= 15 is 0 Å². The first-order valence-corrected chi connectivity index (χ1v) is 10.1. The molecule has 0 aliphatic heterocycles. The van der Waals surface area contributed by atoms with E-state index in [1.54, 1.807) is 12.3 Å². The first-order chi connectivity index (χ1) is 14.6. The van der Waals surface area contributed by atoms with Crippen LogP contribution in [0.15, 0.2) is 83.5 Å². The van der Waals surface area contributed by atoms with Gasteiger partial charge in [-0.15, -0.1) is 11.3 Å². The molecule has 0 aliphatic rings. The fourth-order valence-corrected chi connectivity index (χ4v) is 4.49. The number of ketones is 1. The van der Waals surface area contributed by atoms with Crippen LogP contribution in [0.4, 0.5) is 10.1 Å². The molecule has 3 aromatic heterocycles. The van der Waals surface area contributed by atoms with Crippen LogP contribution in [0.2, 0.25) is 0 Å². The highest BCUT2D eigenvalue weighted by molar-refractivity contribution is 7.21. The number of pyridine rings is 1. The topological polar surface area (TPSA) is 69.1 Å². The van der Waals surface area contributed by atoms with E-state index in [9.17, 15) is 9.18 Å². The van der Waals surface area contributed by atoms with Crippen molar-refractivity contribution in [1.82, 2.24) is 4.98 Å². The molecule has 0 atom stereocenters. The molecule has 3 heterocycles. The summed E-state index contributed by atoms with van der Waals surface area (Å²) in [5, 5.41) is 0.681. The average Bonchev–Trinajstić information content (AvgIpc) is 3.42. The second-order valence-corrected chi connectivity index (χ2v) is 7.76. The van der Waals surface area contributed by atoms with Gasteiger partial charge in [0.2, 0.25) is 5.78 Å². The molecule has 2 N–H and O–H groups in total. The van der Waals surface area contributed by atoms with Crippen LogP contribution >= 0.6 is 11.3 Å². The van der Waals surface area contributed by atoms with Crippen LogP contribution < -0.4 is 5.73 Å². The van der Waals surface area contributed by atoms with Gasteiger partial charge in [0.05, 0.1) is 17.6 Å². The molecule has 5 aromatic rings. The number of hydrogen-bond acceptors (Lipinski definition) is 5. The molecule has 0 aliphatic carbocycles. The Bertz CT molecular complexity index is 1360. The average molecular weight is 414 g/mol. The lowest BCUT2D eigenvalue weighted by Gasteiger charge is -2.06. The Labute approximate surface area is 175 Å². The largest absolute Gasteiger partial charge is 0.464 e. The van der Waals surface area contributed by atoms with Crippen molar-refractivity contribution in [1.29, 1.82) is 0 Å². The highest BCUT2D eigenvalue weighted by Gasteiger charge is 2.23.